The van der Waals surface area contributed by atoms with Gasteiger partial charge in [-0.25, -0.2) is 4.79 Å². The van der Waals surface area contributed by atoms with Crippen molar-refractivity contribution in [1.82, 2.24) is 4.90 Å². The Balaban J connectivity index is 1.33. The van der Waals surface area contributed by atoms with Crippen molar-refractivity contribution in [2.24, 2.45) is 0 Å². The van der Waals surface area contributed by atoms with Gasteiger partial charge in [0.2, 0.25) is 0 Å². The van der Waals surface area contributed by atoms with Crippen molar-refractivity contribution in [3.05, 3.63) is 144 Å². The standard InChI is InChI=1S/C46H55NO9/c1-45(2,3)56-44(49)47-37(31-54-46(47,4)5)38(48)26-39-41(51-28-34-20-12-7-13-21-34)43(53-30-36-24-16-9-17-25-36)42(52-29-35-22-14-8-15-23-35)40(55-39)32-50-27-33-18-10-6-11-19-33/h6-25,37,39-43H,26-32H2,1-5H3/t37-,39-,40-,41+,42-,43-/m1/s1. The van der Waals surface area contributed by atoms with Crippen molar-refractivity contribution >= 4 is 11.9 Å². The van der Waals surface area contributed by atoms with Crippen LogP contribution < -0.4 is 0 Å². The molecule has 0 radical (unpaired) electrons. The van der Waals surface area contributed by atoms with Gasteiger partial charge in [0.25, 0.3) is 0 Å². The fourth-order valence-electron chi connectivity index (χ4n) is 7.08. The van der Waals surface area contributed by atoms with Gasteiger partial charge in [0.1, 0.15) is 41.8 Å². The molecule has 2 fully saturated rings. The molecule has 2 aliphatic rings. The van der Waals surface area contributed by atoms with Gasteiger partial charge in [-0.2, -0.15) is 0 Å². The molecule has 2 saturated heterocycles. The van der Waals surface area contributed by atoms with Crippen LogP contribution in [0.2, 0.25) is 0 Å². The number of benzene rings is 4. The molecule has 0 unspecified atom stereocenters. The first-order chi connectivity index (χ1) is 27.0. The number of amides is 1. The van der Waals surface area contributed by atoms with E-state index in [4.69, 9.17) is 33.2 Å². The normalized spacial score (nSPS) is 23.5. The van der Waals surface area contributed by atoms with Crippen molar-refractivity contribution < 1.29 is 42.7 Å². The average molecular weight is 766 g/mol. The molecule has 0 aliphatic carbocycles. The first kappa shape index (κ1) is 41.2. The Morgan fingerprint density at radius 3 is 1.54 bits per heavy atom. The van der Waals surface area contributed by atoms with E-state index in [1.807, 2.05) is 121 Å². The third kappa shape index (κ3) is 11.3. The highest BCUT2D eigenvalue weighted by atomic mass is 16.6. The molecule has 0 spiro atoms. The first-order valence-electron chi connectivity index (χ1n) is 19.4. The van der Waals surface area contributed by atoms with E-state index in [0.717, 1.165) is 22.3 Å². The number of rotatable bonds is 16. The zero-order valence-corrected chi connectivity index (χ0v) is 33.1. The van der Waals surface area contributed by atoms with Crippen LogP contribution in [0.15, 0.2) is 121 Å². The number of Topliss-reactive ketones (excluding diaryl/α,β-unsaturated/α-hetero) is 1. The van der Waals surface area contributed by atoms with Crippen LogP contribution in [0.3, 0.4) is 0 Å². The summed E-state index contributed by atoms with van der Waals surface area (Å²) in [5.74, 6) is -0.242. The third-order valence-corrected chi connectivity index (χ3v) is 9.83. The minimum atomic E-state index is -1.06. The topological polar surface area (TPSA) is 102 Å². The van der Waals surface area contributed by atoms with E-state index in [1.165, 1.54) is 4.90 Å². The van der Waals surface area contributed by atoms with Crippen molar-refractivity contribution in [2.75, 3.05) is 13.2 Å². The second-order valence-electron chi connectivity index (χ2n) is 15.8. The summed E-state index contributed by atoms with van der Waals surface area (Å²) in [5.41, 5.74) is 2.11. The summed E-state index contributed by atoms with van der Waals surface area (Å²) in [5, 5.41) is 0. The smallest absolute Gasteiger partial charge is 0.413 e. The predicted octanol–water partition coefficient (Wildman–Crippen LogP) is 8.06. The van der Waals surface area contributed by atoms with E-state index in [2.05, 4.69) is 0 Å². The van der Waals surface area contributed by atoms with E-state index in [9.17, 15) is 9.59 Å². The molecule has 2 heterocycles. The molecular formula is C46H55NO9. The van der Waals surface area contributed by atoms with Crippen LogP contribution in [-0.2, 0) is 64.4 Å². The van der Waals surface area contributed by atoms with Gasteiger partial charge in [-0.1, -0.05) is 121 Å². The summed E-state index contributed by atoms with van der Waals surface area (Å²) in [4.78, 5) is 29.5. The van der Waals surface area contributed by atoms with E-state index < -0.39 is 54.0 Å². The largest absolute Gasteiger partial charge is 0.444 e. The fraction of sp³-hybridized carbons (Fsp3) is 0.435. The fourth-order valence-corrected chi connectivity index (χ4v) is 7.08. The predicted molar refractivity (Wildman–Crippen MR) is 211 cm³/mol. The number of nitrogens with zero attached hydrogens (tertiary/aromatic N) is 1. The molecule has 4 aromatic carbocycles. The highest BCUT2D eigenvalue weighted by Gasteiger charge is 2.52. The molecule has 298 valence electrons. The van der Waals surface area contributed by atoms with Gasteiger partial charge < -0.3 is 33.2 Å². The monoisotopic (exact) mass is 765 g/mol. The molecular weight excluding hydrogens is 711 g/mol. The molecule has 6 rings (SSSR count). The minimum Gasteiger partial charge on any atom is -0.444 e. The SMILES string of the molecule is CC(C)(C)OC(=O)N1[C@@H](C(=O)C[C@H]2O[C@H](COCc3ccccc3)[C@@H](OCc3ccccc3)[C@H](OCc3ccccc3)[C@H]2OCc2ccccc2)COC1(C)C. The molecule has 56 heavy (non-hydrogen) atoms. The molecule has 10 heteroatoms. The average Bonchev–Trinajstić information content (AvgIpc) is 3.52. The molecule has 0 bridgehead atoms. The van der Waals surface area contributed by atoms with E-state index in [1.54, 1.807) is 34.6 Å². The number of ether oxygens (including phenoxy) is 7. The van der Waals surface area contributed by atoms with Crippen molar-refractivity contribution in [3.8, 4) is 0 Å². The van der Waals surface area contributed by atoms with Crippen LogP contribution in [0.1, 0.15) is 63.3 Å². The minimum absolute atomic E-state index is 0.0215. The van der Waals surface area contributed by atoms with Gasteiger partial charge in [0.05, 0.1) is 45.7 Å². The lowest BCUT2D eigenvalue weighted by Crippen LogP contribution is -2.62. The highest BCUT2D eigenvalue weighted by Crippen LogP contribution is 2.35. The van der Waals surface area contributed by atoms with Crippen molar-refractivity contribution in [1.29, 1.82) is 0 Å². The Hall–Kier alpha value is -4.42. The van der Waals surface area contributed by atoms with Gasteiger partial charge in [-0.15, -0.1) is 0 Å². The summed E-state index contributed by atoms with van der Waals surface area (Å²) >= 11 is 0. The van der Waals surface area contributed by atoms with Gasteiger partial charge in [-0.3, -0.25) is 9.69 Å². The van der Waals surface area contributed by atoms with Crippen molar-refractivity contribution in [2.45, 2.75) is 115 Å². The van der Waals surface area contributed by atoms with Crippen LogP contribution >= 0.6 is 0 Å². The second kappa shape index (κ2) is 19.1. The Bertz CT molecular complexity index is 1800. The van der Waals surface area contributed by atoms with Crippen LogP contribution in [0.4, 0.5) is 4.79 Å². The second-order valence-corrected chi connectivity index (χ2v) is 15.8. The van der Waals surface area contributed by atoms with E-state index >= 15 is 0 Å². The lowest BCUT2D eigenvalue weighted by Gasteiger charge is -2.46. The Morgan fingerprint density at radius 2 is 1.07 bits per heavy atom. The van der Waals surface area contributed by atoms with Gasteiger partial charge in [0.15, 0.2) is 5.78 Å². The van der Waals surface area contributed by atoms with E-state index in [-0.39, 0.29) is 38.6 Å². The number of carbonyl (C=O) groups excluding carboxylic acids is 2. The maximum absolute atomic E-state index is 14.5. The lowest BCUT2D eigenvalue weighted by molar-refractivity contribution is -0.272. The van der Waals surface area contributed by atoms with Gasteiger partial charge >= 0.3 is 6.09 Å². The third-order valence-electron chi connectivity index (χ3n) is 9.83. The Labute approximate surface area is 330 Å². The number of ketones is 1. The Kier molecular flexibility index (Phi) is 14.1. The summed E-state index contributed by atoms with van der Waals surface area (Å²) in [6, 6.07) is 38.7. The number of hydrogen-bond acceptors (Lipinski definition) is 9. The number of carbonyl (C=O) groups is 2. The number of hydrogen-bond donors (Lipinski definition) is 0. The summed E-state index contributed by atoms with van der Waals surface area (Å²) in [6.45, 7) is 10.3. The summed E-state index contributed by atoms with van der Waals surface area (Å²) < 4.78 is 45.4. The quantitative estimate of drug-likeness (QED) is 0.112. The zero-order valence-electron chi connectivity index (χ0n) is 33.1. The van der Waals surface area contributed by atoms with Crippen LogP contribution in [0, 0.1) is 0 Å². The molecule has 1 amide bonds. The zero-order chi connectivity index (χ0) is 39.5. The highest BCUT2D eigenvalue weighted by molar-refractivity contribution is 5.89. The van der Waals surface area contributed by atoms with Gasteiger partial charge in [0, 0.05) is 6.42 Å². The van der Waals surface area contributed by atoms with Crippen molar-refractivity contribution in [3.63, 3.8) is 0 Å². The molecule has 0 N–H and O–H groups in total. The summed E-state index contributed by atoms with van der Waals surface area (Å²) in [7, 11) is 0. The molecule has 4 aromatic rings. The van der Waals surface area contributed by atoms with Crippen LogP contribution in [-0.4, -0.2) is 77.9 Å². The van der Waals surface area contributed by atoms with E-state index in [0.29, 0.717) is 13.2 Å². The summed E-state index contributed by atoms with van der Waals surface area (Å²) in [6.07, 6.45) is -4.22. The molecule has 0 saturated carbocycles. The maximum Gasteiger partial charge on any atom is 0.413 e. The molecule has 10 nitrogen and oxygen atoms in total. The Morgan fingerprint density at radius 1 is 0.643 bits per heavy atom. The molecule has 6 atom stereocenters. The van der Waals surface area contributed by atoms with Crippen LogP contribution in [0.25, 0.3) is 0 Å². The first-order valence-corrected chi connectivity index (χ1v) is 19.4. The van der Waals surface area contributed by atoms with Crippen LogP contribution in [0.5, 0.6) is 0 Å². The van der Waals surface area contributed by atoms with Gasteiger partial charge in [-0.05, 0) is 56.9 Å². The molecule has 2 aliphatic heterocycles. The maximum atomic E-state index is 14.5. The molecule has 0 aromatic heterocycles. The lowest BCUT2D eigenvalue weighted by atomic mass is 9.90.